The van der Waals surface area contributed by atoms with E-state index in [1.807, 2.05) is 0 Å². The number of rotatable bonds is 3. The van der Waals surface area contributed by atoms with E-state index in [1.165, 1.54) is 11.9 Å². The number of nitrogens with zero attached hydrogens (tertiary/aromatic N) is 2. The van der Waals surface area contributed by atoms with Crippen molar-refractivity contribution in [1.82, 2.24) is 9.80 Å². The van der Waals surface area contributed by atoms with Gasteiger partial charge in [0.05, 0.1) is 0 Å². The Balaban J connectivity index is 2.12. The molecule has 0 spiro atoms. The molecule has 20 heavy (non-hydrogen) atoms. The van der Waals surface area contributed by atoms with E-state index < -0.39 is 23.2 Å². The molecule has 1 atom stereocenters. The molecule has 114 valence electrons. The minimum atomic E-state index is -1.16. The molecule has 1 heterocycles. The van der Waals surface area contributed by atoms with Crippen molar-refractivity contribution in [3.05, 3.63) is 0 Å². The molecule has 2 fully saturated rings. The van der Waals surface area contributed by atoms with Crippen LogP contribution in [-0.4, -0.2) is 64.3 Å². The van der Waals surface area contributed by atoms with Gasteiger partial charge >= 0.3 is 12.1 Å². The lowest BCUT2D eigenvalue weighted by molar-refractivity contribution is -0.149. The van der Waals surface area contributed by atoms with E-state index in [4.69, 9.17) is 4.74 Å². The molecule has 1 amide bonds. The fourth-order valence-electron chi connectivity index (χ4n) is 2.67. The van der Waals surface area contributed by atoms with Crippen molar-refractivity contribution in [2.45, 2.75) is 57.2 Å². The third-order valence-corrected chi connectivity index (χ3v) is 4.05. The molecule has 1 saturated heterocycles. The van der Waals surface area contributed by atoms with Crippen molar-refractivity contribution < 1.29 is 19.4 Å². The average Bonchev–Trinajstić information content (AvgIpc) is 3.05. The highest BCUT2D eigenvalue weighted by molar-refractivity contribution is 5.85. The zero-order valence-corrected chi connectivity index (χ0v) is 12.7. The Morgan fingerprint density at radius 1 is 1.35 bits per heavy atom. The Kier molecular flexibility index (Phi) is 3.71. The first-order valence-electron chi connectivity index (χ1n) is 7.10. The van der Waals surface area contributed by atoms with E-state index in [0.29, 0.717) is 19.0 Å². The summed E-state index contributed by atoms with van der Waals surface area (Å²) in [6.07, 6.45) is 2.14. The van der Waals surface area contributed by atoms with E-state index in [-0.39, 0.29) is 0 Å². The summed E-state index contributed by atoms with van der Waals surface area (Å²) in [5, 5.41) is 9.63. The standard InChI is InChI=1S/C14H24N2O4/c1-13(2,3)20-12(19)15(4)14(11(17)18)7-8-16(9-14)10-5-6-10/h10H,5-9H2,1-4H3,(H,17,18). The van der Waals surface area contributed by atoms with Crippen molar-refractivity contribution in [1.29, 1.82) is 0 Å². The van der Waals surface area contributed by atoms with Crippen LogP contribution in [0, 0.1) is 0 Å². The van der Waals surface area contributed by atoms with Crippen LogP contribution in [0.2, 0.25) is 0 Å². The first kappa shape index (κ1) is 15.1. The van der Waals surface area contributed by atoms with Crippen LogP contribution in [0.1, 0.15) is 40.0 Å². The number of hydrogen-bond donors (Lipinski definition) is 1. The molecule has 0 aromatic carbocycles. The van der Waals surface area contributed by atoms with Crippen LogP contribution >= 0.6 is 0 Å². The van der Waals surface area contributed by atoms with Gasteiger partial charge in [0, 0.05) is 26.2 Å². The molecule has 0 bridgehead atoms. The first-order chi connectivity index (χ1) is 9.16. The fourth-order valence-corrected chi connectivity index (χ4v) is 2.67. The summed E-state index contributed by atoms with van der Waals surface area (Å²) < 4.78 is 5.30. The molecular formula is C14H24N2O4. The third-order valence-electron chi connectivity index (χ3n) is 4.05. The number of likely N-dealkylation sites (N-methyl/N-ethyl adjacent to an activating group) is 1. The zero-order chi connectivity index (χ0) is 15.1. The molecule has 2 rings (SSSR count). The molecule has 6 heteroatoms. The van der Waals surface area contributed by atoms with Gasteiger partial charge in [-0.2, -0.15) is 0 Å². The SMILES string of the molecule is CN(C(=O)OC(C)(C)C)C1(C(=O)O)CCN(C2CC2)C1. The lowest BCUT2D eigenvalue weighted by atomic mass is 9.97. The lowest BCUT2D eigenvalue weighted by Crippen LogP contribution is -2.57. The predicted molar refractivity (Wildman–Crippen MR) is 73.6 cm³/mol. The molecule has 6 nitrogen and oxygen atoms in total. The number of aliphatic carboxylic acids is 1. The summed E-state index contributed by atoms with van der Waals surface area (Å²) in [6, 6.07) is 0.503. The van der Waals surface area contributed by atoms with E-state index >= 15 is 0 Å². The maximum Gasteiger partial charge on any atom is 0.411 e. The number of carbonyl (C=O) groups is 2. The monoisotopic (exact) mass is 284 g/mol. The summed E-state index contributed by atoms with van der Waals surface area (Å²) in [7, 11) is 1.53. The Morgan fingerprint density at radius 2 is 1.95 bits per heavy atom. The summed E-state index contributed by atoms with van der Waals surface area (Å²) in [5.74, 6) is -0.950. The minimum Gasteiger partial charge on any atom is -0.479 e. The second-order valence-electron chi connectivity index (χ2n) is 6.83. The highest BCUT2D eigenvalue weighted by atomic mass is 16.6. The van der Waals surface area contributed by atoms with Crippen molar-refractivity contribution in [3.8, 4) is 0 Å². The highest BCUT2D eigenvalue weighted by Gasteiger charge is 2.53. The average molecular weight is 284 g/mol. The molecule has 1 saturated carbocycles. The number of ether oxygens (including phenoxy) is 1. The van der Waals surface area contributed by atoms with Crippen LogP contribution in [-0.2, 0) is 9.53 Å². The molecule has 1 unspecified atom stereocenters. The van der Waals surface area contributed by atoms with Gasteiger partial charge in [-0.05, 0) is 40.0 Å². The van der Waals surface area contributed by atoms with E-state index in [2.05, 4.69) is 4.90 Å². The van der Waals surface area contributed by atoms with Crippen molar-refractivity contribution >= 4 is 12.1 Å². The van der Waals surface area contributed by atoms with Crippen LogP contribution in [0.5, 0.6) is 0 Å². The van der Waals surface area contributed by atoms with Crippen molar-refractivity contribution in [2.75, 3.05) is 20.1 Å². The summed E-state index contributed by atoms with van der Waals surface area (Å²) in [5.41, 5.74) is -1.79. The Labute approximate surface area is 119 Å². The van der Waals surface area contributed by atoms with E-state index in [0.717, 1.165) is 19.4 Å². The van der Waals surface area contributed by atoms with Gasteiger partial charge in [0.15, 0.2) is 5.54 Å². The Morgan fingerprint density at radius 3 is 2.40 bits per heavy atom. The third kappa shape index (κ3) is 2.90. The van der Waals surface area contributed by atoms with E-state index in [9.17, 15) is 14.7 Å². The van der Waals surface area contributed by atoms with Gasteiger partial charge in [-0.15, -0.1) is 0 Å². The number of carboxylic acid groups (broad SMARTS) is 1. The van der Waals surface area contributed by atoms with Crippen LogP contribution in [0.3, 0.4) is 0 Å². The normalized spacial score (nSPS) is 27.4. The van der Waals surface area contributed by atoms with Crippen LogP contribution in [0.25, 0.3) is 0 Å². The molecule has 0 aromatic heterocycles. The maximum absolute atomic E-state index is 12.2. The number of likely N-dealkylation sites (tertiary alicyclic amines) is 1. The summed E-state index contributed by atoms with van der Waals surface area (Å²) in [6.45, 7) is 6.44. The van der Waals surface area contributed by atoms with Gasteiger partial charge in [0.1, 0.15) is 5.60 Å². The van der Waals surface area contributed by atoms with Gasteiger partial charge in [0.25, 0.3) is 0 Å². The molecule has 1 aliphatic heterocycles. The number of carboxylic acids is 1. The van der Waals surface area contributed by atoms with Gasteiger partial charge in [-0.3, -0.25) is 9.80 Å². The number of amides is 1. The lowest BCUT2D eigenvalue weighted by Gasteiger charge is -2.36. The van der Waals surface area contributed by atoms with Crippen molar-refractivity contribution in [2.24, 2.45) is 0 Å². The minimum absolute atomic E-state index is 0.392. The molecule has 2 aliphatic rings. The smallest absolute Gasteiger partial charge is 0.411 e. The molecule has 1 aliphatic carbocycles. The van der Waals surface area contributed by atoms with Gasteiger partial charge in [0.2, 0.25) is 0 Å². The van der Waals surface area contributed by atoms with E-state index in [1.54, 1.807) is 20.8 Å². The summed E-state index contributed by atoms with van der Waals surface area (Å²) in [4.78, 5) is 27.4. The zero-order valence-electron chi connectivity index (χ0n) is 12.7. The predicted octanol–water partition coefficient (Wildman–Crippen LogP) is 1.54. The Bertz CT molecular complexity index is 414. The number of hydrogen-bond acceptors (Lipinski definition) is 4. The molecular weight excluding hydrogens is 260 g/mol. The van der Waals surface area contributed by atoms with Crippen LogP contribution in [0.15, 0.2) is 0 Å². The second kappa shape index (κ2) is 4.91. The largest absolute Gasteiger partial charge is 0.479 e. The second-order valence-corrected chi connectivity index (χ2v) is 6.83. The Hall–Kier alpha value is -1.30. The van der Waals surface area contributed by atoms with Gasteiger partial charge < -0.3 is 9.84 Å². The molecule has 0 radical (unpaired) electrons. The van der Waals surface area contributed by atoms with Gasteiger partial charge in [-0.25, -0.2) is 9.59 Å². The maximum atomic E-state index is 12.2. The first-order valence-corrected chi connectivity index (χ1v) is 7.10. The quantitative estimate of drug-likeness (QED) is 0.851. The highest BCUT2D eigenvalue weighted by Crippen LogP contribution is 2.36. The molecule has 0 aromatic rings. The van der Waals surface area contributed by atoms with Gasteiger partial charge in [-0.1, -0.05) is 0 Å². The fraction of sp³-hybridized carbons (Fsp3) is 0.857. The molecule has 1 N–H and O–H groups in total. The van der Waals surface area contributed by atoms with Crippen molar-refractivity contribution in [3.63, 3.8) is 0 Å². The van der Waals surface area contributed by atoms with Crippen LogP contribution in [0.4, 0.5) is 4.79 Å². The van der Waals surface area contributed by atoms with Crippen LogP contribution < -0.4 is 0 Å². The number of carbonyl (C=O) groups excluding carboxylic acids is 1. The summed E-state index contributed by atoms with van der Waals surface area (Å²) >= 11 is 0. The topological polar surface area (TPSA) is 70.1 Å².